The fourth-order valence-electron chi connectivity index (χ4n) is 1.42. The predicted molar refractivity (Wildman–Crippen MR) is 59.2 cm³/mol. The molecular formula is C11H21N3. The summed E-state index contributed by atoms with van der Waals surface area (Å²) in [6, 6.07) is 0. The maximum absolute atomic E-state index is 4.17. The normalized spacial score (nSPS) is 13.1. The first kappa shape index (κ1) is 11.2. The van der Waals surface area contributed by atoms with E-state index in [0.717, 1.165) is 24.7 Å². The molecule has 0 aliphatic heterocycles. The lowest BCUT2D eigenvalue weighted by Crippen LogP contribution is -2.20. The van der Waals surface area contributed by atoms with Crippen molar-refractivity contribution in [2.75, 3.05) is 6.54 Å². The molecule has 0 amide bonds. The lowest BCUT2D eigenvalue weighted by Gasteiger charge is -2.09. The van der Waals surface area contributed by atoms with Gasteiger partial charge in [-0.25, -0.2) is 0 Å². The molecule has 0 radical (unpaired) electrons. The Morgan fingerprint density at radius 2 is 2.14 bits per heavy atom. The zero-order chi connectivity index (χ0) is 10.6. The van der Waals surface area contributed by atoms with Crippen molar-refractivity contribution in [3.8, 4) is 0 Å². The zero-order valence-electron chi connectivity index (χ0n) is 9.65. The van der Waals surface area contributed by atoms with Gasteiger partial charge in [-0.15, -0.1) is 0 Å². The van der Waals surface area contributed by atoms with Gasteiger partial charge < -0.3 is 5.32 Å². The number of rotatable bonds is 5. The number of hydrogen-bond donors (Lipinski definition) is 2. The van der Waals surface area contributed by atoms with Gasteiger partial charge in [0.2, 0.25) is 0 Å². The summed E-state index contributed by atoms with van der Waals surface area (Å²) >= 11 is 0. The zero-order valence-corrected chi connectivity index (χ0v) is 9.65. The summed E-state index contributed by atoms with van der Waals surface area (Å²) in [5.74, 6) is 0.752. The van der Waals surface area contributed by atoms with Crippen molar-refractivity contribution < 1.29 is 0 Å². The maximum atomic E-state index is 4.17. The molecule has 0 aromatic carbocycles. The van der Waals surface area contributed by atoms with Gasteiger partial charge in [-0.3, -0.25) is 5.10 Å². The highest BCUT2D eigenvalue weighted by atomic mass is 15.1. The minimum atomic E-state index is 0.752. The van der Waals surface area contributed by atoms with Crippen LogP contribution in [-0.2, 0) is 6.54 Å². The fourth-order valence-corrected chi connectivity index (χ4v) is 1.42. The second-order valence-corrected chi connectivity index (χ2v) is 4.06. The van der Waals surface area contributed by atoms with Crippen molar-refractivity contribution in [1.29, 1.82) is 0 Å². The van der Waals surface area contributed by atoms with Crippen molar-refractivity contribution in [2.45, 2.75) is 40.7 Å². The molecule has 0 bridgehead atoms. The second-order valence-electron chi connectivity index (χ2n) is 4.06. The molecule has 1 atom stereocenters. The summed E-state index contributed by atoms with van der Waals surface area (Å²) in [5, 5.41) is 10.6. The van der Waals surface area contributed by atoms with E-state index in [-0.39, 0.29) is 0 Å². The van der Waals surface area contributed by atoms with Crippen molar-refractivity contribution in [3.05, 3.63) is 17.0 Å². The lowest BCUT2D eigenvalue weighted by molar-refractivity contribution is 0.499. The van der Waals surface area contributed by atoms with Crippen molar-refractivity contribution in [1.82, 2.24) is 15.5 Å². The highest BCUT2D eigenvalue weighted by Crippen LogP contribution is 2.08. The molecule has 0 aliphatic rings. The number of nitrogens with one attached hydrogen (secondary N) is 2. The van der Waals surface area contributed by atoms with E-state index in [1.807, 2.05) is 6.92 Å². The smallest absolute Gasteiger partial charge is 0.0638 e. The minimum absolute atomic E-state index is 0.752. The van der Waals surface area contributed by atoms with E-state index in [9.17, 15) is 0 Å². The van der Waals surface area contributed by atoms with Gasteiger partial charge >= 0.3 is 0 Å². The Hall–Kier alpha value is -0.830. The SMILES string of the molecule is CCC(C)CNCc1c(C)n[nH]c1C. The molecule has 1 rings (SSSR count). The van der Waals surface area contributed by atoms with Gasteiger partial charge in [-0.2, -0.15) is 5.10 Å². The van der Waals surface area contributed by atoms with Crippen LogP contribution in [0.4, 0.5) is 0 Å². The average Bonchev–Trinajstić information content (AvgIpc) is 2.48. The first-order valence-corrected chi connectivity index (χ1v) is 5.36. The van der Waals surface area contributed by atoms with Gasteiger partial charge in [0.25, 0.3) is 0 Å². The van der Waals surface area contributed by atoms with Gasteiger partial charge in [-0.1, -0.05) is 20.3 Å². The molecular weight excluding hydrogens is 174 g/mol. The Labute approximate surface area is 86.3 Å². The number of nitrogens with zero attached hydrogens (tertiary/aromatic N) is 1. The molecule has 2 N–H and O–H groups in total. The molecule has 1 heterocycles. The molecule has 1 aromatic rings. The molecule has 3 nitrogen and oxygen atoms in total. The summed E-state index contributed by atoms with van der Waals surface area (Å²) < 4.78 is 0. The second kappa shape index (κ2) is 5.15. The van der Waals surface area contributed by atoms with Crippen LogP contribution in [0.5, 0.6) is 0 Å². The third kappa shape index (κ3) is 2.84. The Balaban J connectivity index is 2.38. The van der Waals surface area contributed by atoms with Crippen LogP contribution >= 0.6 is 0 Å². The Kier molecular flexibility index (Phi) is 4.14. The van der Waals surface area contributed by atoms with Crippen molar-refractivity contribution in [2.24, 2.45) is 5.92 Å². The van der Waals surface area contributed by atoms with E-state index in [1.165, 1.54) is 17.7 Å². The van der Waals surface area contributed by atoms with Crippen molar-refractivity contribution in [3.63, 3.8) is 0 Å². The first-order valence-electron chi connectivity index (χ1n) is 5.36. The summed E-state index contributed by atoms with van der Waals surface area (Å²) in [5.41, 5.74) is 3.60. The predicted octanol–water partition coefficient (Wildman–Crippen LogP) is 2.16. The fraction of sp³-hybridized carbons (Fsp3) is 0.727. The minimum Gasteiger partial charge on any atom is -0.312 e. The maximum Gasteiger partial charge on any atom is 0.0638 e. The molecule has 1 unspecified atom stereocenters. The summed E-state index contributed by atoms with van der Waals surface area (Å²) in [4.78, 5) is 0. The van der Waals surface area contributed by atoms with E-state index in [1.54, 1.807) is 0 Å². The molecule has 1 aromatic heterocycles. The van der Waals surface area contributed by atoms with Gasteiger partial charge in [0.1, 0.15) is 0 Å². The van der Waals surface area contributed by atoms with Crippen LogP contribution in [-0.4, -0.2) is 16.7 Å². The molecule has 14 heavy (non-hydrogen) atoms. The van der Waals surface area contributed by atoms with Crippen molar-refractivity contribution >= 4 is 0 Å². The van der Waals surface area contributed by atoms with E-state index in [0.29, 0.717) is 0 Å². The van der Waals surface area contributed by atoms with Crippen LogP contribution in [0.15, 0.2) is 0 Å². The third-order valence-electron chi connectivity index (χ3n) is 2.77. The third-order valence-corrected chi connectivity index (χ3v) is 2.77. The topological polar surface area (TPSA) is 40.7 Å². The standard InChI is InChI=1S/C11H21N3/c1-5-8(2)6-12-7-11-9(3)13-14-10(11)4/h8,12H,5-7H2,1-4H3,(H,13,14). The highest BCUT2D eigenvalue weighted by molar-refractivity contribution is 5.22. The molecule has 0 saturated heterocycles. The van der Waals surface area contributed by atoms with Crippen LogP contribution in [0.2, 0.25) is 0 Å². The molecule has 0 aliphatic carbocycles. The largest absolute Gasteiger partial charge is 0.312 e. The molecule has 3 heteroatoms. The highest BCUT2D eigenvalue weighted by Gasteiger charge is 2.05. The lowest BCUT2D eigenvalue weighted by atomic mass is 10.1. The Morgan fingerprint density at radius 3 is 2.64 bits per heavy atom. The van der Waals surface area contributed by atoms with E-state index >= 15 is 0 Å². The quantitative estimate of drug-likeness (QED) is 0.756. The first-order chi connectivity index (χ1) is 6.65. The van der Waals surface area contributed by atoms with E-state index < -0.39 is 0 Å². The van der Waals surface area contributed by atoms with E-state index in [4.69, 9.17) is 0 Å². The van der Waals surface area contributed by atoms with Crippen LogP contribution < -0.4 is 5.32 Å². The van der Waals surface area contributed by atoms with E-state index in [2.05, 4.69) is 36.3 Å². The molecule has 0 spiro atoms. The van der Waals surface area contributed by atoms with Crippen LogP contribution in [0.3, 0.4) is 0 Å². The molecule has 0 fully saturated rings. The van der Waals surface area contributed by atoms with Gasteiger partial charge in [-0.05, 0) is 26.3 Å². The number of aromatic nitrogens is 2. The monoisotopic (exact) mass is 195 g/mol. The number of aryl methyl sites for hydroxylation is 2. The number of aromatic amines is 1. The summed E-state index contributed by atoms with van der Waals surface area (Å²) in [6.07, 6.45) is 1.23. The number of hydrogen-bond acceptors (Lipinski definition) is 2. The number of H-pyrrole nitrogens is 1. The Bertz CT molecular complexity index is 259. The van der Waals surface area contributed by atoms with Gasteiger partial charge in [0.15, 0.2) is 0 Å². The summed E-state index contributed by atoms with van der Waals surface area (Å²) in [7, 11) is 0. The summed E-state index contributed by atoms with van der Waals surface area (Å²) in [6.45, 7) is 10.6. The van der Waals surface area contributed by atoms with Gasteiger partial charge in [0, 0.05) is 17.8 Å². The van der Waals surface area contributed by atoms with Crippen LogP contribution in [0, 0.1) is 19.8 Å². The van der Waals surface area contributed by atoms with Gasteiger partial charge in [0.05, 0.1) is 5.69 Å². The Morgan fingerprint density at radius 1 is 1.43 bits per heavy atom. The molecule has 80 valence electrons. The van der Waals surface area contributed by atoms with Crippen LogP contribution in [0.25, 0.3) is 0 Å². The molecule has 0 saturated carbocycles. The average molecular weight is 195 g/mol. The van der Waals surface area contributed by atoms with Crippen LogP contribution in [0.1, 0.15) is 37.2 Å².